The molecule has 2 aromatic heterocycles. The van der Waals surface area contributed by atoms with Crippen LogP contribution in [0.2, 0.25) is 5.02 Å². The molecule has 2 N–H and O–H groups in total. The topological polar surface area (TPSA) is 78.9 Å². The minimum Gasteiger partial charge on any atom is -0.478 e. The van der Waals surface area contributed by atoms with Crippen LogP contribution in [0.4, 0.5) is 4.39 Å². The summed E-state index contributed by atoms with van der Waals surface area (Å²) < 4.78 is 14.1. The molecule has 0 saturated carbocycles. The highest BCUT2D eigenvalue weighted by atomic mass is 35.5. The lowest BCUT2D eigenvalue weighted by molar-refractivity contribution is 0.0697. The zero-order chi connectivity index (χ0) is 16.8. The SMILES string of the molecule is O=C(O)c1ccc2c(c1)ncc1[nH]c(-c3c(F)cccc3Cl)nc12. The Bertz CT molecular complexity index is 1100. The van der Waals surface area contributed by atoms with Crippen molar-refractivity contribution in [2.45, 2.75) is 0 Å². The highest BCUT2D eigenvalue weighted by molar-refractivity contribution is 6.33. The van der Waals surface area contributed by atoms with Crippen LogP contribution in [-0.4, -0.2) is 26.0 Å². The number of hydrogen-bond donors (Lipinski definition) is 2. The van der Waals surface area contributed by atoms with E-state index in [2.05, 4.69) is 15.0 Å². The number of aromatic carboxylic acids is 1. The molecule has 0 aliphatic heterocycles. The third kappa shape index (κ3) is 2.19. The van der Waals surface area contributed by atoms with Crippen molar-refractivity contribution in [3.8, 4) is 11.4 Å². The van der Waals surface area contributed by atoms with Gasteiger partial charge in [0.1, 0.15) is 11.6 Å². The van der Waals surface area contributed by atoms with Crippen molar-refractivity contribution >= 4 is 39.5 Å². The smallest absolute Gasteiger partial charge is 0.335 e. The van der Waals surface area contributed by atoms with E-state index < -0.39 is 11.8 Å². The third-order valence-electron chi connectivity index (χ3n) is 3.76. The number of benzene rings is 2. The summed E-state index contributed by atoms with van der Waals surface area (Å²) in [6, 6.07) is 9.01. The summed E-state index contributed by atoms with van der Waals surface area (Å²) in [4.78, 5) is 22.8. The molecule has 0 radical (unpaired) electrons. The molecule has 0 fully saturated rings. The number of fused-ring (bicyclic) bond motifs is 3. The second kappa shape index (κ2) is 5.28. The molecule has 2 aromatic carbocycles. The van der Waals surface area contributed by atoms with E-state index in [9.17, 15) is 9.18 Å². The van der Waals surface area contributed by atoms with Crippen LogP contribution >= 0.6 is 11.6 Å². The molecular weight excluding hydrogens is 333 g/mol. The molecule has 0 atom stereocenters. The first kappa shape index (κ1) is 14.6. The predicted molar refractivity (Wildman–Crippen MR) is 88.8 cm³/mol. The zero-order valence-electron chi connectivity index (χ0n) is 12.0. The first-order valence-electron chi connectivity index (χ1n) is 7.01. The molecule has 7 heteroatoms. The number of aromatic nitrogens is 3. The third-order valence-corrected chi connectivity index (χ3v) is 4.08. The van der Waals surface area contributed by atoms with Crippen LogP contribution in [0.5, 0.6) is 0 Å². The Morgan fingerprint density at radius 1 is 1.25 bits per heavy atom. The molecule has 0 spiro atoms. The van der Waals surface area contributed by atoms with Gasteiger partial charge in [-0.2, -0.15) is 0 Å². The van der Waals surface area contributed by atoms with Gasteiger partial charge in [0.25, 0.3) is 0 Å². The summed E-state index contributed by atoms with van der Waals surface area (Å²) in [5, 5.41) is 9.99. The molecule has 0 amide bonds. The number of aromatic amines is 1. The van der Waals surface area contributed by atoms with Crippen molar-refractivity contribution in [2.24, 2.45) is 0 Å². The van der Waals surface area contributed by atoms with Gasteiger partial charge in [-0.1, -0.05) is 17.7 Å². The van der Waals surface area contributed by atoms with Gasteiger partial charge in [-0.05, 0) is 30.3 Å². The molecule has 0 aliphatic carbocycles. The van der Waals surface area contributed by atoms with Gasteiger partial charge in [0.2, 0.25) is 0 Å². The molecule has 4 rings (SSSR count). The average molecular weight is 342 g/mol. The van der Waals surface area contributed by atoms with Crippen molar-refractivity contribution in [3.63, 3.8) is 0 Å². The van der Waals surface area contributed by atoms with E-state index in [1.165, 1.54) is 30.5 Å². The Balaban J connectivity index is 1.98. The number of carbonyl (C=O) groups is 1. The first-order chi connectivity index (χ1) is 11.5. The van der Waals surface area contributed by atoms with Crippen LogP contribution in [0.1, 0.15) is 10.4 Å². The molecule has 24 heavy (non-hydrogen) atoms. The molecule has 4 aromatic rings. The minimum absolute atomic E-state index is 0.141. The Labute approximate surface area is 139 Å². The molecule has 5 nitrogen and oxygen atoms in total. The minimum atomic E-state index is -1.03. The van der Waals surface area contributed by atoms with Gasteiger partial charge in [0.15, 0.2) is 0 Å². The molecular formula is C17H9ClFN3O2. The lowest BCUT2D eigenvalue weighted by atomic mass is 10.1. The van der Waals surface area contributed by atoms with E-state index in [0.717, 1.165) is 0 Å². The summed E-state index contributed by atoms with van der Waals surface area (Å²) >= 11 is 6.08. The maximum atomic E-state index is 14.1. The Kier molecular flexibility index (Phi) is 3.21. The quantitative estimate of drug-likeness (QED) is 0.570. The molecule has 118 valence electrons. The first-order valence-corrected chi connectivity index (χ1v) is 7.38. The summed E-state index contributed by atoms with van der Waals surface area (Å²) in [6.07, 6.45) is 1.54. The second-order valence-electron chi connectivity index (χ2n) is 5.24. The average Bonchev–Trinajstić information content (AvgIpc) is 2.98. The van der Waals surface area contributed by atoms with E-state index in [1.807, 2.05) is 0 Å². The van der Waals surface area contributed by atoms with Crippen molar-refractivity contribution in [1.82, 2.24) is 15.0 Å². The van der Waals surface area contributed by atoms with Crippen molar-refractivity contribution < 1.29 is 14.3 Å². The van der Waals surface area contributed by atoms with E-state index in [1.54, 1.807) is 12.1 Å². The zero-order valence-corrected chi connectivity index (χ0v) is 12.8. The molecule has 0 aliphatic rings. The van der Waals surface area contributed by atoms with Gasteiger partial charge in [0.05, 0.1) is 38.9 Å². The molecule has 2 heterocycles. The molecule has 0 unspecified atom stereocenters. The Hall–Kier alpha value is -2.99. The summed E-state index contributed by atoms with van der Waals surface area (Å²) in [5.74, 6) is -1.21. The van der Waals surface area contributed by atoms with Gasteiger partial charge < -0.3 is 10.1 Å². The Morgan fingerprint density at radius 2 is 2.08 bits per heavy atom. The lowest BCUT2D eigenvalue weighted by Gasteiger charge is -2.01. The molecule has 0 bridgehead atoms. The van der Waals surface area contributed by atoms with Crippen LogP contribution < -0.4 is 0 Å². The predicted octanol–water partition coefficient (Wildman–Crippen LogP) is 4.27. The van der Waals surface area contributed by atoms with Crippen molar-refractivity contribution in [1.29, 1.82) is 0 Å². The van der Waals surface area contributed by atoms with Crippen LogP contribution in [-0.2, 0) is 0 Å². The van der Waals surface area contributed by atoms with Gasteiger partial charge >= 0.3 is 5.97 Å². The number of carboxylic acids is 1. The number of H-pyrrole nitrogens is 1. The van der Waals surface area contributed by atoms with Crippen molar-refractivity contribution in [2.75, 3.05) is 0 Å². The highest BCUT2D eigenvalue weighted by Gasteiger charge is 2.16. The van der Waals surface area contributed by atoms with Crippen LogP contribution in [0.25, 0.3) is 33.3 Å². The fourth-order valence-corrected chi connectivity index (χ4v) is 2.89. The van der Waals surface area contributed by atoms with E-state index in [4.69, 9.17) is 16.7 Å². The van der Waals surface area contributed by atoms with Gasteiger partial charge in [-0.15, -0.1) is 0 Å². The lowest BCUT2D eigenvalue weighted by Crippen LogP contribution is -1.96. The van der Waals surface area contributed by atoms with Gasteiger partial charge in [-0.3, -0.25) is 4.98 Å². The normalized spacial score (nSPS) is 11.2. The second-order valence-corrected chi connectivity index (χ2v) is 5.65. The van der Waals surface area contributed by atoms with E-state index >= 15 is 0 Å². The number of hydrogen-bond acceptors (Lipinski definition) is 3. The standard InChI is InChI=1S/C17H9ClFN3O2/c18-10-2-1-3-11(19)14(10)16-21-13-7-20-12-6-8(17(23)24)4-5-9(12)15(13)22-16/h1-7H,(H,21,22)(H,23,24). The van der Waals surface area contributed by atoms with E-state index in [0.29, 0.717) is 27.8 Å². The highest BCUT2D eigenvalue weighted by Crippen LogP contribution is 2.31. The van der Waals surface area contributed by atoms with E-state index in [-0.39, 0.29) is 16.1 Å². The van der Waals surface area contributed by atoms with Gasteiger partial charge in [0, 0.05) is 5.39 Å². The largest absolute Gasteiger partial charge is 0.478 e. The number of nitrogens with zero attached hydrogens (tertiary/aromatic N) is 2. The number of pyridine rings is 1. The van der Waals surface area contributed by atoms with Crippen LogP contribution in [0, 0.1) is 5.82 Å². The van der Waals surface area contributed by atoms with Crippen LogP contribution in [0.3, 0.4) is 0 Å². The fourth-order valence-electron chi connectivity index (χ4n) is 2.63. The van der Waals surface area contributed by atoms with Gasteiger partial charge in [-0.25, -0.2) is 14.2 Å². The molecule has 0 saturated heterocycles. The summed E-state index contributed by atoms with van der Waals surface area (Å²) in [7, 11) is 0. The maximum absolute atomic E-state index is 14.1. The van der Waals surface area contributed by atoms with Crippen molar-refractivity contribution in [3.05, 3.63) is 59.0 Å². The number of halogens is 2. The van der Waals surface area contributed by atoms with Crippen LogP contribution in [0.15, 0.2) is 42.6 Å². The number of nitrogens with one attached hydrogen (secondary N) is 1. The number of rotatable bonds is 2. The number of carboxylic acid groups (broad SMARTS) is 1. The monoisotopic (exact) mass is 341 g/mol. The summed E-state index contributed by atoms with van der Waals surface area (Å²) in [6.45, 7) is 0. The summed E-state index contributed by atoms with van der Waals surface area (Å²) in [5.41, 5.74) is 2.01. The Morgan fingerprint density at radius 3 is 2.83 bits per heavy atom. The number of imidazole rings is 1. The maximum Gasteiger partial charge on any atom is 0.335 e. The fraction of sp³-hybridized carbons (Fsp3) is 0.